The summed E-state index contributed by atoms with van der Waals surface area (Å²) in [6.07, 6.45) is 6.59. The van der Waals surface area contributed by atoms with Crippen LogP contribution in [0.2, 0.25) is 0 Å². The predicted molar refractivity (Wildman–Crippen MR) is 114 cm³/mol. The molecule has 1 saturated heterocycles. The first-order valence-electron chi connectivity index (χ1n) is 10.6. The van der Waals surface area contributed by atoms with Crippen LogP contribution < -0.4 is 10.0 Å². The Balaban J connectivity index is 1.85. The van der Waals surface area contributed by atoms with Crippen molar-refractivity contribution in [3.8, 4) is 0 Å². The minimum Gasteiger partial charge on any atom is -0.340 e. The molecule has 1 aliphatic carbocycles. The van der Waals surface area contributed by atoms with E-state index in [1.807, 2.05) is 4.90 Å². The van der Waals surface area contributed by atoms with Crippen LogP contribution in [0.4, 0.5) is 0 Å². The molecule has 1 aromatic carbocycles. The van der Waals surface area contributed by atoms with Crippen LogP contribution in [-0.4, -0.2) is 57.3 Å². The van der Waals surface area contributed by atoms with E-state index in [1.165, 1.54) is 19.3 Å². The molecule has 2 fully saturated rings. The Morgan fingerprint density at radius 1 is 1.17 bits per heavy atom. The molecule has 8 heteroatoms. The molecular formula is C21H32N4O3S. The zero-order chi connectivity index (χ0) is 20.7. The topological polar surface area (TPSA) is 90.9 Å². The molecule has 0 unspecified atom stereocenters. The third-order valence-corrected chi connectivity index (χ3v) is 7.07. The Morgan fingerprint density at radius 2 is 1.83 bits per heavy atom. The third-order valence-electron chi connectivity index (χ3n) is 5.72. The van der Waals surface area contributed by atoms with Crippen LogP contribution in [-0.2, 0) is 14.8 Å². The van der Waals surface area contributed by atoms with Gasteiger partial charge < -0.3 is 10.2 Å². The molecule has 0 amide bonds. The maximum Gasteiger partial charge on any atom is 0.264 e. The number of nitrogens with one attached hydrogen (secondary N) is 2. The predicted octanol–water partition coefficient (Wildman–Crippen LogP) is 2.15. The Bertz CT molecular complexity index is 798. The van der Waals surface area contributed by atoms with Crippen LogP contribution in [0.15, 0.2) is 40.2 Å². The fraction of sp³-hybridized carbons (Fsp3) is 0.619. The summed E-state index contributed by atoms with van der Waals surface area (Å²) in [6, 6.07) is 7.77. The number of piperazine rings is 1. The molecule has 1 heterocycles. The van der Waals surface area contributed by atoms with Gasteiger partial charge in [0.1, 0.15) is 6.04 Å². The largest absolute Gasteiger partial charge is 0.340 e. The van der Waals surface area contributed by atoms with Gasteiger partial charge in [-0.05, 0) is 31.4 Å². The normalized spacial score (nSPS) is 20.3. The lowest BCUT2D eigenvalue weighted by Gasteiger charge is -2.31. The molecule has 7 nitrogen and oxygen atoms in total. The summed E-state index contributed by atoms with van der Waals surface area (Å²) in [5.41, 5.74) is 0. The first-order chi connectivity index (χ1) is 14.0. The van der Waals surface area contributed by atoms with Crippen LogP contribution in [0.25, 0.3) is 0 Å². The first kappa shape index (κ1) is 21.8. The number of hydrogen-bond acceptors (Lipinski definition) is 5. The number of nitrogens with zero attached hydrogens (tertiary/aromatic N) is 2. The molecule has 0 radical (unpaired) electrons. The van der Waals surface area contributed by atoms with Crippen molar-refractivity contribution in [2.45, 2.75) is 56.4 Å². The van der Waals surface area contributed by atoms with E-state index in [-0.39, 0.29) is 16.6 Å². The van der Waals surface area contributed by atoms with Gasteiger partial charge in [-0.1, -0.05) is 50.3 Å². The third kappa shape index (κ3) is 6.27. The highest BCUT2D eigenvalue weighted by molar-refractivity contribution is 7.90. The van der Waals surface area contributed by atoms with Gasteiger partial charge in [-0.2, -0.15) is 0 Å². The van der Waals surface area contributed by atoms with Gasteiger partial charge in [-0.25, -0.2) is 18.1 Å². The molecule has 1 aliphatic heterocycles. The molecular weight excluding hydrogens is 388 g/mol. The number of aliphatic imine (C=N–C) groups is 1. The van der Waals surface area contributed by atoms with Gasteiger partial charge in [0.15, 0.2) is 5.78 Å². The van der Waals surface area contributed by atoms with E-state index >= 15 is 0 Å². The highest BCUT2D eigenvalue weighted by atomic mass is 32.2. The Hall–Kier alpha value is -1.93. The molecule has 1 saturated carbocycles. The monoisotopic (exact) mass is 420 g/mol. The molecule has 160 valence electrons. The van der Waals surface area contributed by atoms with E-state index in [1.54, 1.807) is 37.3 Å². The number of carbonyl (C=O) groups excluding carboxylic acids is 1. The van der Waals surface area contributed by atoms with E-state index in [0.717, 1.165) is 25.9 Å². The van der Waals surface area contributed by atoms with Gasteiger partial charge in [0, 0.05) is 26.2 Å². The van der Waals surface area contributed by atoms with Crippen molar-refractivity contribution in [1.29, 1.82) is 0 Å². The van der Waals surface area contributed by atoms with E-state index in [4.69, 9.17) is 0 Å². The van der Waals surface area contributed by atoms with Gasteiger partial charge in [-0.15, -0.1) is 0 Å². The van der Waals surface area contributed by atoms with Gasteiger partial charge in [0.05, 0.1) is 4.90 Å². The van der Waals surface area contributed by atoms with Crippen LogP contribution in [0, 0.1) is 5.92 Å². The van der Waals surface area contributed by atoms with E-state index in [2.05, 4.69) is 15.0 Å². The fourth-order valence-corrected chi connectivity index (χ4v) is 5.08. The van der Waals surface area contributed by atoms with E-state index in [0.29, 0.717) is 25.4 Å². The Morgan fingerprint density at radius 3 is 2.45 bits per heavy atom. The fourth-order valence-electron chi connectivity index (χ4n) is 4.02. The lowest BCUT2D eigenvalue weighted by molar-refractivity contribution is -0.118. The second-order valence-electron chi connectivity index (χ2n) is 7.97. The van der Waals surface area contributed by atoms with Crippen molar-refractivity contribution >= 4 is 21.8 Å². The van der Waals surface area contributed by atoms with Crippen molar-refractivity contribution in [3.05, 3.63) is 30.3 Å². The number of hydrogen-bond donors (Lipinski definition) is 2. The molecule has 1 atom stereocenters. The highest BCUT2D eigenvalue weighted by Crippen LogP contribution is 2.28. The molecule has 2 N–H and O–H groups in total. The number of sulfonamides is 1. The van der Waals surface area contributed by atoms with E-state index < -0.39 is 16.1 Å². The lowest BCUT2D eigenvalue weighted by Crippen LogP contribution is -2.52. The Kier molecular flexibility index (Phi) is 7.66. The molecule has 29 heavy (non-hydrogen) atoms. The minimum absolute atomic E-state index is 0.0119. The van der Waals surface area contributed by atoms with E-state index in [9.17, 15) is 13.2 Å². The number of benzene rings is 1. The number of ketones is 1. The first-order valence-corrected chi connectivity index (χ1v) is 12.1. The van der Waals surface area contributed by atoms with Crippen molar-refractivity contribution in [2.75, 3.05) is 26.2 Å². The van der Waals surface area contributed by atoms with Gasteiger partial charge in [0.2, 0.25) is 5.96 Å². The second kappa shape index (κ2) is 10.2. The maximum atomic E-state index is 12.9. The van der Waals surface area contributed by atoms with Crippen LogP contribution in [0.1, 0.15) is 45.4 Å². The summed E-state index contributed by atoms with van der Waals surface area (Å²) >= 11 is 0. The minimum atomic E-state index is -3.77. The molecule has 0 aromatic heterocycles. The molecule has 1 aromatic rings. The summed E-state index contributed by atoms with van der Waals surface area (Å²) in [4.78, 5) is 19.1. The molecule has 2 aliphatic rings. The summed E-state index contributed by atoms with van der Waals surface area (Å²) in [5.74, 6) is 0.755. The summed E-state index contributed by atoms with van der Waals surface area (Å²) in [6.45, 7) is 4.34. The SMILES string of the molecule is CC(=O)[C@H](CC1CCCCC1)N=C(NS(=O)(=O)c1ccccc1)N1CCNCC1. The lowest BCUT2D eigenvalue weighted by atomic mass is 9.84. The van der Waals surface area contributed by atoms with Crippen molar-refractivity contribution in [1.82, 2.24) is 14.9 Å². The van der Waals surface area contributed by atoms with Crippen molar-refractivity contribution in [3.63, 3.8) is 0 Å². The van der Waals surface area contributed by atoms with Crippen molar-refractivity contribution in [2.24, 2.45) is 10.9 Å². The van der Waals surface area contributed by atoms with Crippen LogP contribution >= 0.6 is 0 Å². The second-order valence-corrected chi connectivity index (χ2v) is 9.66. The molecule has 0 spiro atoms. The summed E-state index contributed by atoms with van der Waals surface area (Å²) in [5, 5.41) is 3.27. The smallest absolute Gasteiger partial charge is 0.264 e. The average molecular weight is 421 g/mol. The number of carbonyl (C=O) groups is 1. The standard InChI is InChI=1S/C21H32N4O3S/c1-17(26)20(16-18-8-4-2-5-9-18)23-21(25-14-12-22-13-15-25)24-29(27,28)19-10-6-3-7-11-19/h3,6-7,10-11,18,20,22H,2,4-5,8-9,12-16H2,1H3,(H,23,24)/t20-/m0/s1. The van der Waals surface area contributed by atoms with Gasteiger partial charge in [0.25, 0.3) is 10.0 Å². The summed E-state index contributed by atoms with van der Waals surface area (Å²) < 4.78 is 28.5. The van der Waals surface area contributed by atoms with Crippen LogP contribution in [0.5, 0.6) is 0 Å². The number of guanidine groups is 1. The summed E-state index contributed by atoms with van der Waals surface area (Å²) in [7, 11) is -3.77. The number of Topliss-reactive ketones (excluding diaryl/α,β-unsaturated/α-hetero) is 1. The van der Waals surface area contributed by atoms with Gasteiger partial charge in [-0.3, -0.25) is 4.79 Å². The zero-order valence-corrected chi connectivity index (χ0v) is 18.0. The quantitative estimate of drug-likeness (QED) is 0.544. The molecule has 3 rings (SSSR count). The average Bonchev–Trinajstić information content (AvgIpc) is 2.74. The van der Waals surface area contributed by atoms with Crippen molar-refractivity contribution < 1.29 is 13.2 Å². The number of rotatable bonds is 6. The maximum absolute atomic E-state index is 12.9. The highest BCUT2D eigenvalue weighted by Gasteiger charge is 2.26. The Labute approximate surface area is 174 Å². The van der Waals surface area contributed by atoms with Gasteiger partial charge >= 0.3 is 0 Å². The molecule has 0 bridgehead atoms. The zero-order valence-electron chi connectivity index (χ0n) is 17.1. The van der Waals surface area contributed by atoms with Crippen LogP contribution in [0.3, 0.4) is 0 Å².